The van der Waals surface area contributed by atoms with E-state index in [2.05, 4.69) is 22.2 Å². The number of nitrogens with zero attached hydrogens (tertiary/aromatic N) is 1. The number of benzene rings is 2. The molecule has 2 N–H and O–H groups in total. The molecule has 0 saturated carbocycles. The SMILES string of the molecule is CNc1cccc(S(=O)(=O)c2ccc3c(c2)c2c(n3C)CC3CCC2NC3)c1. The van der Waals surface area contributed by atoms with Crippen LogP contribution in [0.1, 0.15) is 30.1 Å². The molecule has 0 spiro atoms. The van der Waals surface area contributed by atoms with Gasteiger partial charge >= 0.3 is 0 Å². The Morgan fingerprint density at radius 1 is 1.11 bits per heavy atom. The number of piperidine rings is 1. The minimum atomic E-state index is -3.57. The molecule has 1 aromatic heterocycles. The van der Waals surface area contributed by atoms with Gasteiger partial charge in [-0.3, -0.25) is 0 Å². The molecule has 6 rings (SSSR count). The van der Waals surface area contributed by atoms with E-state index in [1.165, 1.54) is 17.7 Å². The minimum absolute atomic E-state index is 0.319. The molecular weight excluding hydrogens is 370 g/mol. The molecule has 2 bridgehead atoms. The number of nitrogens with one attached hydrogen (secondary N) is 2. The summed E-state index contributed by atoms with van der Waals surface area (Å²) in [6.45, 7) is 1.05. The molecular formula is C22H25N3O2S. The number of fused-ring (bicyclic) bond motifs is 3. The van der Waals surface area contributed by atoms with Gasteiger partial charge in [-0.1, -0.05) is 6.07 Å². The second kappa shape index (κ2) is 6.36. The lowest BCUT2D eigenvalue weighted by atomic mass is 9.95. The smallest absolute Gasteiger partial charge is 0.206 e. The van der Waals surface area contributed by atoms with E-state index in [0.29, 0.717) is 21.8 Å². The summed E-state index contributed by atoms with van der Waals surface area (Å²) >= 11 is 0. The van der Waals surface area contributed by atoms with E-state index in [1.54, 1.807) is 31.3 Å². The Morgan fingerprint density at radius 2 is 1.93 bits per heavy atom. The molecule has 5 nitrogen and oxygen atoms in total. The number of hydrogen-bond acceptors (Lipinski definition) is 4. The van der Waals surface area contributed by atoms with Crippen LogP contribution in [0.2, 0.25) is 0 Å². The van der Waals surface area contributed by atoms with Crippen molar-refractivity contribution in [3.05, 3.63) is 53.7 Å². The Hall–Kier alpha value is -2.31. The first-order valence-corrected chi connectivity index (χ1v) is 11.3. The Bertz CT molecular complexity index is 1170. The van der Waals surface area contributed by atoms with Gasteiger partial charge in [0.05, 0.1) is 9.79 Å². The van der Waals surface area contributed by atoms with Crippen LogP contribution in [-0.4, -0.2) is 26.6 Å². The van der Waals surface area contributed by atoms with Gasteiger partial charge in [-0.05, 0) is 73.7 Å². The predicted molar refractivity (Wildman–Crippen MR) is 112 cm³/mol. The van der Waals surface area contributed by atoms with E-state index in [-0.39, 0.29) is 0 Å². The second-order valence-electron chi connectivity index (χ2n) is 7.99. The summed E-state index contributed by atoms with van der Waals surface area (Å²) in [6.07, 6.45) is 3.43. The lowest BCUT2D eigenvalue weighted by molar-refractivity contribution is 0.332. The van der Waals surface area contributed by atoms with Gasteiger partial charge in [0, 0.05) is 42.4 Å². The van der Waals surface area contributed by atoms with Gasteiger partial charge < -0.3 is 15.2 Å². The molecule has 0 radical (unpaired) electrons. The first kappa shape index (κ1) is 17.8. The third-order valence-electron chi connectivity index (χ3n) is 6.43. The summed E-state index contributed by atoms with van der Waals surface area (Å²) in [5.74, 6) is 0.674. The summed E-state index contributed by atoms with van der Waals surface area (Å²) in [6, 6.07) is 12.9. The highest BCUT2D eigenvalue weighted by Gasteiger charge is 2.33. The van der Waals surface area contributed by atoms with E-state index in [4.69, 9.17) is 0 Å². The van der Waals surface area contributed by atoms with Crippen LogP contribution in [0, 0.1) is 5.92 Å². The van der Waals surface area contributed by atoms with Gasteiger partial charge in [0.2, 0.25) is 9.84 Å². The minimum Gasteiger partial charge on any atom is -0.388 e. The van der Waals surface area contributed by atoms with E-state index in [1.807, 2.05) is 18.2 Å². The van der Waals surface area contributed by atoms with Crippen LogP contribution >= 0.6 is 0 Å². The van der Waals surface area contributed by atoms with Gasteiger partial charge in [0.15, 0.2) is 0 Å². The molecule has 2 unspecified atom stereocenters. The highest BCUT2D eigenvalue weighted by Crippen LogP contribution is 2.41. The van der Waals surface area contributed by atoms with Crippen LogP contribution in [0.3, 0.4) is 0 Å². The van der Waals surface area contributed by atoms with E-state index in [0.717, 1.165) is 36.0 Å². The molecule has 28 heavy (non-hydrogen) atoms. The number of aromatic nitrogens is 1. The van der Waals surface area contributed by atoms with E-state index < -0.39 is 9.84 Å². The lowest BCUT2D eigenvalue weighted by Gasteiger charge is -2.25. The van der Waals surface area contributed by atoms with Crippen molar-refractivity contribution in [3.63, 3.8) is 0 Å². The van der Waals surface area contributed by atoms with Crippen LogP contribution in [-0.2, 0) is 23.3 Å². The van der Waals surface area contributed by atoms with Crippen LogP contribution in [0.15, 0.2) is 52.3 Å². The molecule has 2 aliphatic heterocycles. The van der Waals surface area contributed by atoms with Crippen molar-refractivity contribution in [3.8, 4) is 0 Å². The Kier molecular flexibility index (Phi) is 4.03. The van der Waals surface area contributed by atoms with Crippen molar-refractivity contribution >= 4 is 26.4 Å². The fourth-order valence-corrected chi connectivity index (χ4v) is 6.20. The molecule has 1 saturated heterocycles. The predicted octanol–water partition coefficient (Wildman–Crippen LogP) is 3.65. The number of aryl methyl sites for hydroxylation is 1. The van der Waals surface area contributed by atoms with Crippen LogP contribution < -0.4 is 10.6 Å². The van der Waals surface area contributed by atoms with Gasteiger partial charge in [-0.15, -0.1) is 0 Å². The zero-order valence-electron chi connectivity index (χ0n) is 16.2. The molecule has 3 aliphatic rings. The standard InChI is InChI=1S/C22H25N3O2S/c1-23-15-4-3-5-16(11-15)28(26,27)17-7-9-20-18(12-17)22-19-8-6-14(13-24-19)10-21(22)25(20)2/h3-5,7,9,11-12,14,19,23-24H,6,8,10,13H2,1-2H3. The van der Waals surface area contributed by atoms with Gasteiger partial charge in [-0.25, -0.2) is 8.42 Å². The first-order valence-electron chi connectivity index (χ1n) is 9.86. The van der Waals surface area contributed by atoms with Crippen molar-refractivity contribution in [2.24, 2.45) is 13.0 Å². The normalized spacial score (nSPS) is 21.5. The molecule has 1 fully saturated rings. The Morgan fingerprint density at radius 3 is 2.68 bits per heavy atom. The molecule has 3 heterocycles. The van der Waals surface area contributed by atoms with Crippen molar-refractivity contribution in [2.45, 2.75) is 35.1 Å². The quantitative estimate of drug-likeness (QED) is 0.711. The number of rotatable bonds is 3. The molecule has 2 atom stereocenters. The molecule has 1 aliphatic carbocycles. The van der Waals surface area contributed by atoms with Crippen molar-refractivity contribution < 1.29 is 8.42 Å². The topological polar surface area (TPSA) is 63.1 Å². The highest BCUT2D eigenvalue weighted by atomic mass is 32.2. The maximum absolute atomic E-state index is 13.3. The van der Waals surface area contributed by atoms with Crippen LogP contribution in [0.4, 0.5) is 5.69 Å². The molecule has 0 amide bonds. The summed E-state index contributed by atoms with van der Waals surface area (Å²) < 4.78 is 28.9. The van der Waals surface area contributed by atoms with Crippen molar-refractivity contribution in [1.82, 2.24) is 9.88 Å². The average molecular weight is 396 g/mol. The van der Waals surface area contributed by atoms with Gasteiger partial charge in [0.25, 0.3) is 0 Å². The van der Waals surface area contributed by atoms with Crippen LogP contribution in [0.25, 0.3) is 10.9 Å². The number of sulfone groups is 1. The summed E-state index contributed by atoms with van der Waals surface area (Å²) in [4.78, 5) is 0.681. The second-order valence-corrected chi connectivity index (χ2v) is 9.94. The third kappa shape index (κ3) is 2.58. The largest absolute Gasteiger partial charge is 0.388 e. The highest BCUT2D eigenvalue weighted by molar-refractivity contribution is 7.91. The summed E-state index contributed by atoms with van der Waals surface area (Å²) in [5, 5.41) is 7.76. The maximum Gasteiger partial charge on any atom is 0.206 e. The fourth-order valence-electron chi connectivity index (χ4n) is 4.87. The average Bonchev–Trinajstić information content (AvgIpc) is 2.87. The number of hydrogen-bond donors (Lipinski definition) is 2. The first-order chi connectivity index (χ1) is 13.5. The molecule has 6 heteroatoms. The Labute approximate surface area is 165 Å². The molecule has 146 valence electrons. The zero-order valence-corrected chi connectivity index (χ0v) is 17.0. The van der Waals surface area contributed by atoms with Gasteiger partial charge in [-0.2, -0.15) is 0 Å². The zero-order chi connectivity index (χ0) is 19.5. The monoisotopic (exact) mass is 395 g/mol. The number of anilines is 1. The molecule has 3 aromatic rings. The lowest BCUT2D eigenvalue weighted by Crippen LogP contribution is -2.30. The van der Waals surface area contributed by atoms with E-state index in [9.17, 15) is 8.42 Å². The fraction of sp³-hybridized carbons (Fsp3) is 0.364. The van der Waals surface area contributed by atoms with Gasteiger partial charge in [0.1, 0.15) is 0 Å². The molecule has 2 aromatic carbocycles. The Balaban J connectivity index is 1.69. The third-order valence-corrected chi connectivity index (χ3v) is 8.17. The van der Waals surface area contributed by atoms with Crippen molar-refractivity contribution in [2.75, 3.05) is 18.9 Å². The summed E-state index contributed by atoms with van der Waals surface area (Å²) in [5.41, 5.74) is 4.57. The maximum atomic E-state index is 13.3. The van der Waals surface area contributed by atoms with E-state index >= 15 is 0 Å². The summed E-state index contributed by atoms with van der Waals surface area (Å²) in [7, 11) is 0.325. The van der Waals surface area contributed by atoms with Crippen molar-refractivity contribution in [1.29, 1.82) is 0 Å². The van der Waals surface area contributed by atoms with Crippen LogP contribution in [0.5, 0.6) is 0 Å².